The van der Waals surface area contributed by atoms with Crippen LogP contribution in [0.5, 0.6) is 5.75 Å². The van der Waals surface area contributed by atoms with Crippen molar-refractivity contribution in [2.24, 2.45) is 15.9 Å². The molecule has 0 atom stereocenters. The molecule has 220 valence electrons. The summed E-state index contributed by atoms with van der Waals surface area (Å²) in [5.41, 5.74) is 3.31. The van der Waals surface area contributed by atoms with Crippen LogP contribution in [0.4, 0.5) is 11.4 Å². The highest BCUT2D eigenvalue weighted by atomic mass is 16.5. The summed E-state index contributed by atoms with van der Waals surface area (Å²) in [5, 5.41) is 13.0. The van der Waals surface area contributed by atoms with Gasteiger partial charge >= 0.3 is 0 Å². The Hall–Kier alpha value is -3.67. The fourth-order valence-corrected chi connectivity index (χ4v) is 4.69. The van der Waals surface area contributed by atoms with E-state index in [1.807, 2.05) is 31.2 Å². The molecule has 2 aromatic carbocycles. The van der Waals surface area contributed by atoms with Crippen molar-refractivity contribution in [1.29, 1.82) is 5.26 Å². The number of ether oxygens (including phenoxy) is 2. The van der Waals surface area contributed by atoms with E-state index in [9.17, 15) is 5.26 Å². The van der Waals surface area contributed by atoms with Crippen LogP contribution in [0.3, 0.4) is 0 Å². The number of nitriles is 1. The Morgan fingerprint density at radius 2 is 1.78 bits per heavy atom. The molecule has 8 nitrogen and oxygen atoms in total. The Morgan fingerprint density at radius 1 is 1.10 bits per heavy atom. The first-order valence-electron chi connectivity index (χ1n) is 14.9. The molecule has 0 bridgehead atoms. The molecule has 0 unspecified atom stereocenters. The molecule has 2 saturated heterocycles. The third kappa shape index (κ3) is 10.0. The molecular weight excluding hydrogens is 512 g/mol. The highest BCUT2D eigenvalue weighted by Gasteiger charge is 2.17. The van der Waals surface area contributed by atoms with Crippen LogP contribution >= 0.6 is 0 Å². The zero-order valence-corrected chi connectivity index (χ0v) is 25.2. The van der Waals surface area contributed by atoms with Crippen LogP contribution in [0, 0.1) is 17.2 Å². The number of piperazine rings is 1. The maximum atomic E-state index is 9.75. The average molecular weight is 559 g/mol. The second kappa shape index (κ2) is 17.2. The van der Waals surface area contributed by atoms with Crippen molar-refractivity contribution in [3.05, 3.63) is 66.0 Å². The number of likely N-dealkylation sites (N-methyl/N-ethyl adjacent to an activating group) is 1. The van der Waals surface area contributed by atoms with E-state index in [4.69, 9.17) is 9.47 Å². The lowest BCUT2D eigenvalue weighted by atomic mass is 10.0. The summed E-state index contributed by atoms with van der Waals surface area (Å²) >= 11 is 0. The summed E-state index contributed by atoms with van der Waals surface area (Å²) in [6, 6.07) is 16.1. The summed E-state index contributed by atoms with van der Waals surface area (Å²) in [6.45, 7) is 19.9. The van der Waals surface area contributed by atoms with Gasteiger partial charge in [-0.05, 0) is 74.7 Å². The number of amidine groups is 1. The molecule has 0 radical (unpaired) electrons. The maximum absolute atomic E-state index is 9.75. The summed E-state index contributed by atoms with van der Waals surface area (Å²) in [7, 11) is 0. The van der Waals surface area contributed by atoms with Gasteiger partial charge in [0.1, 0.15) is 17.6 Å². The minimum Gasteiger partial charge on any atom is -0.492 e. The summed E-state index contributed by atoms with van der Waals surface area (Å²) in [4.78, 5) is 13.9. The van der Waals surface area contributed by atoms with E-state index in [1.54, 1.807) is 12.3 Å². The van der Waals surface area contributed by atoms with Crippen LogP contribution < -0.4 is 15.0 Å². The van der Waals surface area contributed by atoms with Gasteiger partial charge in [0.25, 0.3) is 0 Å². The molecule has 0 aliphatic carbocycles. The Labute approximate surface area is 246 Å². The van der Waals surface area contributed by atoms with Gasteiger partial charge in [0.2, 0.25) is 0 Å². The third-order valence-corrected chi connectivity index (χ3v) is 7.01. The Morgan fingerprint density at radius 3 is 2.39 bits per heavy atom. The number of rotatable bonds is 9. The van der Waals surface area contributed by atoms with Gasteiger partial charge < -0.3 is 24.6 Å². The van der Waals surface area contributed by atoms with Crippen LogP contribution in [0.15, 0.2) is 64.8 Å². The van der Waals surface area contributed by atoms with Crippen molar-refractivity contribution >= 4 is 23.4 Å². The van der Waals surface area contributed by atoms with E-state index < -0.39 is 0 Å². The van der Waals surface area contributed by atoms with E-state index in [1.165, 1.54) is 12.1 Å². The highest BCUT2D eigenvalue weighted by molar-refractivity contribution is 6.03. The second-order valence-corrected chi connectivity index (χ2v) is 10.3. The fraction of sp³-hybridized carbons (Fsp3) is 0.485. The van der Waals surface area contributed by atoms with Gasteiger partial charge in [0.05, 0.1) is 12.2 Å². The second-order valence-electron chi connectivity index (χ2n) is 10.3. The number of anilines is 2. The van der Waals surface area contributed by atoms with Crippen LogP contribution in [0.1, 0.15) is 58.1 Å². The number of nitrogens with zero attached hydrogens (tertiary/aromatic N) is 5. The minimum atomic E-state index is 0.450. The normalized spacial score (nSPS) is 16.6. The standard InChI is InChI=1S/C30H38N6O2.C3H8/c1-4-32-30(25-6-11-29(26(20-25)21-31)38-22-24-12-18-37-19-13-24)34-23(3)33-27-7-9-28(10-8-27)36-16-14-35(5-2)15-17-36;1-3-2/h4,6-11,20,24,33H,3,5,12-19,22H2,1-2H3;3H2,1-2H3/b32-4?,34-30-;. The number of hydrogen-bond acceptors (Lipinski definition) is 7. The molecule has 0 aromatic heterocycles. The number of aliphatic imine (C=N–C) groups is 2. The highest BCUT2D eigenvalue weighted by Crippen LogP contribution is 2.24. The molecule has 2 aliphatic rings. The third-order valence-electron chi connectivity index (χ3n) is 7.01. The molecule has 41 heavy (non-hydrogen) atoms. The van der Waals surface area contributed by atoms with Crippen molar-refractivity contribution in [1.82, 2.24) is 4.90 Å². The molecule has 2 aliphatic heterocycles. The monoisotopic (exact) mass is 558 g/mol. The fourth-order valence-electron chi connectivity index (χ4n) is 4.69. The van der Waals surface area contributed by atoms with Gasteiger partial charge in [0.15, 0.2) is 5.84 Å². The van der Waals surface area contributed by atoms with Gasteiger partial charge in [-0.2, -0.15) is 5.26 Å². The molecule has 2 heterocycles. The molecule has 8 heteroatoms. The predicted octanol–water partition coefficient (Wildman–Crippen LogP) is 6.34. The van der Waals surface area contributed by atoms with Crippen molar-refractivity contribution in [3.63, 3.8) is 0 Å². The molecule has 2 aromatic rings. The minimum absolute atomic E-state index is 0.450. The first-order chi connectivity index (χ1) is 20.0. The van der Waals surface area contributed by atoms with Crippen molar-refractivity contribution in [2.75, 3.05) is 62.8 Å². The quantitative estimate of drug-likeness (QED) is 0.285. The lowest BCUT2D eigenvalue weighted by Gasteiger charge is -2.35. The van der Waals surface area contributed by atoms with Crippen molar-refractivity contribution in [2.45, 2.75) is 47.0 Å². The van der Waals surface area contributed by atoms with Gasteiger partial charge in [0, 0.05) is 62.5 Å². The van der Waals surface area contributed by atoms with Gasteiger partial charge in [-0.3, -0.25) is 0 Å². The Bertz CT molecular complexity index is 1190. The average Bonchev–Trinajstić information content (AvgIpc) is 3.01. The molecule has 0 spiro atoms. The molecule has 0 saturated carbocycles. The summed E-state index contributed by atoms with van der Waals surface area (Å²) in [5.74, 6) is 1.97. The molecule has 0 amide bonds. The SMILES string of the molecule is C=C(/N=C(\N=CC)c1ccc(OCC2CCOCC2)c(C#N)c1)Nc1ccc(N2CCN(CC)CC2)cc1.CCC. The van der Waals surface area contributed by atoms with Gasteiger partial charge in [-0.1, -0.05) is 33.8 Å². The van der Waals surface area contributed by atoms with Crippen LogP contribution in [-0.4, -0.2) is 69.5 Å². The molecule has 2 fully saturated rings. The van der Waals surface area contributed by atoms with E-state index in [2.05, 4.69) is 70.7 Å². The van der Waals surface area contributed by atoms with E-state index in [-0.39, 0.29) is 0 Å². The largest absolute Gasteiger partial charge is 0.492 e. The predicted molar refractivity (Wildman–Crippen MR) is 170 cm³/mol. The van der Waals surface area contributed by atoms with E-state index >= 15 is 0 Å². The zero-order valence-electron chi connectivity index (χ0n) is 25.2. The Balaban J connectivity index is 0.00000147. The lowest BCUT2D eigenvalue weighted by molar-refractivity contribution is 0.0497. The lowest BCUT2D eigenvalue weighted by Crippen LogP contribution is -2.46. The summed E-state index contributed by atoms with van der Waals surface area (Å²) in [6.07, 6.45) is 4.90. The molecule has 1 N–H and O–H groups in total. The van der Waals surface area contributed by atoms with E-state index in [0.29, 0.717) is 35.5 Å². The van der Waals surface area contributed by atoms with E-state index in [0.717, 1.165) is 70.0 Å². The van der Waals surface area contributed by atoms with Crippen LogP contribution in [0.2, 0.25) is 0 Å². The van der Waals surface area contributed by atoms with Crippen LogP contribution in [0.25, 0.3) is 0 Å². The summed E-state index contributed by atoms with van der Waals surface area (Å²) < 4.78 is 11.4. The topological polar surface area (TPSA) is 85.5 Å². The Kier molecular flexibility index (Phi) is 13.4. The number of nitrogens with one attached hydrogen (secondary N) is 1. The number of hydrogen-bond donors (Lipinski definition) is 1. The smallest absolute Gasteiger partial charge is 0.161 e. The maximum Gasteiger partial charge on any atom is 0.161 e. The first kappa shape index (κ1) is 31.9. The zero-order chi connectivity index (χ0) is 29.5. The van der Waals surface area contributed by atoms with Crippen molar-refractivity contribution in [3.8, 4) is 11.8 Å². The molecular formula is C33H46N6O2. The van der Waals surface area contributed by atoms with Gasteiger partial charge in [-0.25, -0.2) is 9.98 Å². The number of benzene rings is 2. The van der Waals surface area contributed by atoms with Crippen molar-refractivity contribution < 1.29 is 9.47 Å². The van der Waals surface area contributed by atoms with Gasteiger partial charge in [-0.15, -0.1) is 0 Å². The van der Waals surface area contributed by atoms with Crippen LogP contribution in [-0.2, 0) is 4.74 Å². The molecule has 4 rings (SSSR count). The first-order valence-corrected chi connectivity index (χ1v) is 14.9.